The zero-order chi connectivity index (χ0) is 24.0. The molecule has 0 saturated carbocycles. The molecule has 0 saturated heterocycles. The number of ether oxygens (including phenoxy) is 1. The SMILES string of the molecule is CC(C)(C)c1ccnc(-n2c3ccccc3c3ccc(Oc4cccc(-n5ccnc5)c4)cc32)c1. The minimum absolute atomic E-state index is 0.0327. The molecule has 5 nitrogen and oxygen atoms in total. The van der Waals surface area contributed by atoms with Crippen LogP contribution in [0.3, 0.4) is 0 Å². The van der Waals surface area contributed by atoms with Crippen molar-refractivity contribution in [2.24, 2.45) is 0 Å². The van der Waals surface area contributed by atoms with Crippen LogP contribution >= 0.6 is 0 Å². The number of aromatic nitrogens is 4. The third kappa shape index (κ3) is 3.85. The molecule has 35 heavy (non-hydrogen) atoms. The number of para-hydroxylation sites is 1. The van der Waals surface area contributed by atoms with Crippen LogP contribution in [-0.2, 0) is 5.41 Å². The molecule has 0 aliphatic carbocycles. The third-order valence-electron chi connectivity index (χ3n) is 6.34. The zero-order valence-electron chi connectivity index (χ0n) is 20.0. The number of rotatable bonds is 4. The summed E-state index contributed by atoms with van der Waals surface area (Å²) in [6.45, 7) is 6.67. The monoisotopic (exact) mass is 458 g/mol. The van der Waals surface area contributed by atoms with Crippen molar-refractivity contribution in [1.82, 2.24) is 19.1 Å². The second-order valence-corrected chi connectivity index (χ2v) is 9.75. The van der Waals surface area contributed by atoms with Crippen molar-refractivity contribution in [3.05, 3.63) is 109 Å². The van der Waals surface area contributed by atoms with Crippen LogP contribution in [0.5, 0.6) is 11.5 Å². The molecule has 0 atom stereocenters. The van der Waals surface area contributed by atoms with Crippen LogP contribution in [0.1, 0.15) is 26.3 Å². The summed E-state index contributed by atoms with van der Waals surface area (Å²) < 4.78 is 10.5. The predicted molar refractivity (Wildman–Crippen MR) is 141 cm³/mol. The smallest absolute Gasteiger partial charge is 0.137 e. The summed E-state index contributed by atoms with van der Waals surface area (Å²) >= 11 is 0. The Labute approximate surface area is 204 Å². The van der Waals surface area contributed by atoms with Crippen molar-refractivity contribution < 1.29 is 4.74 Å². The van der Waals surface area contributed by atoms with Crippen LogP contribution in [0, 0.1) is 0 Å². The van der Waals surface area contributed by atoms with E-state index in [1.165, 1.54) is 16.3 Å². The maximum atomic E-state index is 6.32. The highest BCUT2D eigenvalue weighted by atomic mass is 16.5. The van der Waals surface area contributed by atoms with E-state index in [9.17, 15) is 0 Å². The number of hydrogen-bond donors (Lipinski definition) is 0. The molecule has 0 aliphatic heterocycles. The van der Waals surface area contributed by atoms with E-state index < -0.39 is 0 Å². The van der Waals surface area contributed by atoms with Crippen LogP contribution < -0.4 is 4.74 Å². The fourth-order valence-corrected chi connectivity index (χ4v) is 4.52. The molecule has 0 unspecified atom stereocenters. The van der Waals surface area contributed by atoms with Crippen molar-refractivity contribution in [2.75, 3.05) is 0 Å². The first-order valence-electron chi connectivity index (χ1n) is 11.7. The molecule has 0 spiro atoms. The van der Waals surface area contributed by atoms with Gasteiger partial charge in [0.15, 0.2) is 0 Å². The summed E-state index contributed by atoms with van der Waals surface area (Å²) in [5.41, 5.74) is 4.47. The quantitative estimate of drug-likeness (QED) is 0.275. The van der Waals surface area contributed by atoms with Crippen LogP contribution in [-0.4, -0.2) is 19.1 Å². The van der Waals surface area contributed by atoms with Gasteiger partial charge in [-0.05, 0) is 53.4 Å². The Morgan fingerprint density at radius 3 is 2.40 bits per heavy atom. The average Bonchev–Trinajstić information content (AvgIpc) is 3.50. The summed E-state index contributed by atoms with van der Waals surface area (Å²) in [5, 5.41) is 2.36. The number of imidazole rings is 1. The molecule has 0 bridgehead atoms. The molecule has 0 radical (unpaired) electrons. The minimum atomic E-state index is 0.0327. The number of pyridine rings is 1. The van der Waals surface area contributed by atoms with Crippen molar-refractivity contribution in [3.8, 4) is 23.0 Å². The van der Waals surface area contributed by atoms with Crippen molar-refractivity contribution in [2.45, 2.75) is 26.2 Å². The molecule has 5 heteroatoms. The Hall–Kier alpha value is -4.38. The van der Waals surface area contributed by atoms with E-state index in [0.29, 0.717) is 0 Å². The van der Waals surface area contributed by atoms with Gasteiger partial charge < -0.3 is 9.30 Å². The molecule has 6 aromatic rings. The van der Waals surface area contributed by atoms with E-state index in [0.717, 1.165) is 34.0 Å². The lowest BCUT2D eigenvalue weighted by Gasteiger charge is -2.20. The van der Waals surface area contributed by atoms with Crippen molar-refractivity contribution >= 4 is 21.8 Å². The van der Waals surface area contributed by atoms with Crippen LogP contribution in [0.4, 0.5) is 0 Å². The molecule has 3 aromatic heterocycles. The van der Waals surface area contributed by atoms with Crippen molar-refractivity contribution in [1.29, 1.82) is 0 Å². The Morgan fingerprint density at radius 1 is 0.743 bits per heavy atom. The van der Waals surface area contributed by atoms with Gasteiger partial charge in [0, 0.05) is 41.5 Å². The maximum Gasteiger partial charge on any atom is 0.137 e. The first-order chi connectivity index (χ1) is 17.0. The van der Waals surface area contributed by atoms with E-state index in [-0.39, 0.29) is 5.41 Å². The molecule has 0 amide bonds. The Morgan fingerprint density at radius 2 is 1.57 bits per heavy atom. The van der Waals surface area contributed by atoms with E-state index in [4.69, 9.17) is 9.72 Å². The van der Waals surface area contributed by atoms with Gasteiger partial charge in [0.05, 0.1) is 23.0 Å². The van der Waals surface area contributed by atoms with Gasteiger partial charge in [0.1, 0.15) is 17.3 Å². The van der Waals surface area contributed by atoms with E-state index >= 15 is 0 Å². The minimum Gasteiger partial charge on any atom is -0.457 e. The Bertz CT molecular complexity index is 1660. The molecule has 3 heterocycles. The van der Waals surface area contributed by atoms with Crippen LogP contribution in [0.25, 0.3) is 33.3 Å². The summed E-state index contributed by atoms with van der Waals surface area (Å²) in [6.07, 6.45) is 7.37. The lowest BCUT2D eigenvalue weighted by atomic mass is 9.88. The first-order valence-corrected chi connectivity index (χ1v) is 11.7. The van der Waals surface area contributed by atoms with Crippen LogP contribution in [0.15, 0.2) is 104 Å². The fourth-order valence-electron chi connectivity index (χ4n) is 4.52. The van der Waals surface area contributed by atoms with Gasteiger partial charge in [-0.1, -0.05) is 45.0 Å². The van der Waals surface area contributed by atoms with E-state index in [1.54, 1.807) is 12.5 Å². The van der Waals surface area contributed by atoms with Gasteiger partial charge in [0.2, 0.25) is 0 Å². The highest BCUT2D eigenvalue weighted by molar-refractivity contribution is 6.09. The maximum absolute atomic E-state index is 6.32. The molecule has 3 aromatic carbocycles. The zero-order valence-corrected chi connectivity index (χ0v) is 20.0. The standard InChI is InChI=1S/C30H26N4O/c1-30(2,3)21-13-14-32-29(17-21)34-27-10-5-4-9-25(27)26-12-11-24(19-28(26)34)35-23-8-6-7-22(18-23)33-16-15-31-20-33/h4-20H,1-3H3. The number of nitrogens with zero attached hydrogens (tertiary/aromatic N) is 4. The van der Waals surface area contributed by atoms with Gasteiger partial charge in [-0.25, -0.2) is 9.97 Å². The van der Waals surface area contributed by atoms with E-state index in [2.05, 4.69) is 78.9 Å². The third-order valence-corrected chi connectivity index (χ3v) is 6.34. The lowest BCUT2D eigenvalue weighted by Crippen LogP contribution is -2.12. The largest absolute Gasteiger partial charge is 0.457 e. The topological polar surface area (TPSA) is 44.9 Å². The second kappa shape index (κ2) is 8.13. The Kier molecular flexibility index (Phi) is 4.92. The lowest BCUT2D eigenvalue weighted by molar-refractivity contribution is 0.483. The molecule has 6 rings (SSSR count). The second-order valence-electron chi connectivity index (χ2n) is 9.75. The number of fused-ring (bicyclic) bond motifs is 3. The normalized spacial score (nSPS) is 11.9. The molecular formula is C30H26N4O. The summed E-state index contributed by atoms with van der Waals surface area (Å²) in [7, 11) is 0. The molecular weight excluding hydrogens is 432 g/mol. The molecule has 0 aliphatic rings. The highest BCUT2D eigenvalue weighted by Crippen LogP contribution is 2.35. The molecule has 0 fully saturated rings. The van der Waals surface area contributed by atoms with Gasteiger partial charge in [-0.2, -0.15) is 0 Å². The van der Waals surface area contributed by atoms with Crippen LogP contribution in [0.2, 0.25) is 0 Å². The van der Waals surface area contributed by atoms with Gasteiger partial charge in [-0.3, -0.25) is 4.57 Å². The average molecular weight is 459 g/mol. The summed E-state index contributed by atoms with van der Waals surface area (Å²) in [6, 6.07) is 27.0. The fraction of sp³-hybridized carbons (Fsp3) is 0.133. The number of hydrogen-bond acceptors (Lipinski definition) is 3. The highest BCUT2D eigenvalue weighted by Gasteiger charge is 2.18. The molecule has 0 N–H and O–H groups in total. The summed E-state index contributed by atoms with van der Waals surface area (Å²) in [4.78, 5) is 8.90. The summed E-state index contributed by atoms with van der Waals surface area (Å²) in [5.74, 6) is 2.45. The first kappa shape index (κ1) is 21.2. The molecule has 172 valence electrons. The van der Waals surface area contributed by atoms with Crippen molar-refractivity contribution in [3.63, 3.8) is 0 Å². The van der Waals surface area contributed by atoms with Gasteiger partial charge >= 0.3 is 0 Å². The van der Waals surface area contributed by atoms with Gasteiger partial charge in [0.25, 0.3) is 0 Å². The Balaban J connectivity index is 1.48. The van der Waals surface area contributed by atoms with Gasteiger partial charge in [-0.15, -0.1) is 0 Å². The number of benzene rings is 3. The van der Waals surface area contributed by atoms with E-state index in [1.807, 2.05) is 47.3 Å². The predicted octanol–water partition coefficient (Wildman–Crippen LogP) is 7.45.